The molecule has 1 heterocycles. The second kappa shape index (κ2) is 6.44. The minimum Gasteiger partial charge on any atom is -0.310 e. The molecule has 0 amide bonds. The van der Waals surface area contributed by atoms with Gasteiger partial charge in [-0.15, -0.1) is 0 Å². The molecule has 3 nitrogen and oxygen atoms in total. The summed E-state index contributed by atoms with van der Waals surface area (Å²) in [6, 6.07) is 9.51. The Balaban J connectivity index is 1.74. The van der Waals surface area contributed by atoms with Crippen molar-refractivity contribution in [3.63, 3.8) is 0 Å². The molecule has 3 heteroatoms. The van der Waals surface area contributed by atoms with E-state index in [1.54, 1.807) is 0 Å². The van der Waals surface area contributed by atoms with Crippen molar-refractivity contribution in [2.24, 2.45) is 0 Å². The Kier molecular flexibility index (Phi) is 4.39. The monoisotopic (exact) mass is 283 g/mol. The van der Waals surface area contributed by atoms with E-state index in [4.69, 9.17) is 0 Å². The molecule has 112 valence electrons. The van der Waals surface area contributed by atoms with Gasteiger partial charge in [0.1, 0.15) is 0 Å². The number of benzene rings is 1. The van der Waals surface area contributed by atoms with Crippen LogP contribution in [0.3, 0.4) is 0 Å². The summed E-state index contributed by atoms with van der Waals surface area (Å²) in [4.78, 5) is 0. The fourth-order valence-electron chi connectivity index (χ4n) is 2.67. The highest BCUT2D eigenvalue weighted by atomic mass is 15.3. The third kappa shape index (κ3) is 3.73. The Labute approximate surface area is 127 Å². The van der Waals surface area contributed by atoms with Crippen molar-refractivity contribution in [2.75, 3.05) is 0 Å². The van der Waals surface area contributed by atoms with E-state index in [0.717, 1.165) is 32.0 Å². The molecule has 0 atom stereocenters. The molecular weight excluding hydrogens is 258 g/mol. The maximum atomic E-state index is 4.63. The lowest BCUT2D eigenvalue weighted by Crippen LogP contribution is -2.16. The standard InChI is InChI=1S/C18H25N3/c1-3-4-18-16(11-19-17-9-10-17)12-20-21(18)13-15-7-5-14(2)6-8-15/h5-8,12,17,19H,3-4,9-11,13H2,1-2H3. The van der Waals surface area contributed by atoms with E-state index in [1.165, 1.54) is 35.2 Å². The maximum absolute atomic E-state index is 4.63. The minimum atomic E-state index is 0.750. The van der Waals surface area contributed by atoms with E-state index in [1.807, 2.05) is 0 Å². The average molecular weight is 283 g/mol. The smallest absolute Gasteiger partial charge is 0.0662 e. The fraction of sp³-hybridized carbons (Fsp3) is 0.500. The quantitative estimate of drug-likeness (QED) is 0.843. The summed E-state index contributed by atoms with van der Waals surface area (Å²) in [6.45, 7) is 6.20. The first-order chi connectivity index (χ1) is 10.3. The van der Waals surface area contributed by atoms with Gasteiger partial charge >= 0.3 is 0 Å². The molecule has 0 radical (unpaired) electrons. The van der Waals surface area contributed by atoms with Gasteiger partial charge in [-0.1, -0.05) is 43.2 Å². The van der Waals surface area contributed by atoms with Crippen molar-refractivity contribution in [3.8, 4) is 0 Å². The van der Waals surface area contributed by atoms with E-state index < -0.39 is 0 Å². The molecule has 21 heavy (non-hydrogen) atoms. The lowest BCUT2D eigenvalue weighted by molar-refractivity contribution is 0.626. The molecule has 0 spiro atoms. The predicted molar refractivity (Wildman–Crippen MR) is 86.4 cm³/mol. The van der Waals surface area contributed by atoms with Gasteiger partial charge < -0.3 is 5.32 Å². The van der Waals surface area contributed by atoms with Gasteiger partial charge in [0.05, 0.1) is 12.7 Å². The Bertz CT molecular complexity index is 579. The van der Waals surface area contributed by atoms with Crippen LogP contribution in [-0.2, 0) is 19.5 Å². The Morgan fingerprint density at radius 2 is 2.00 bits per heavy atom. The molecule has 0 saturated heterocycles. The minimum absolute atomic E-state index is 0.750. The van der Waals surface area contributed by atoms with Gasteiger partial charge in [-0.05, 0) is 31.7 Å². The third-order valence-electron chi connectivity index (χ3n) is 4.13. The highest BCUT2D eigenvalue weighted by molar-refractivity contribution is 5.24. The van der Waals surface area contributed by atoms with Crippen molar-refractivity contribution in [1.82, 2.24) is 15.1 Å². The molecule has 0 bridgehead atoms. The lowest BCUT2D eigenvalue weighted by Gasteiger charge is -2.10. The average Bonchev–Trinajstić information content (AvgIpc) is 3.24. The summed E-state index contributed by atoms with van der Waals surface area (Å²) in [5.74, 6) is 0. The zero-order valence-electron chi connectivity index (χ0n) is 13.1. The molecule has 1 aliphatic carbocycles. The van der Waals surface area contributed by atoms with Gasteiger partial charge in [0.25, 0.3) is 0 Å². The van der Waals surface area contributed by atoms with E-state index in [-0.39, 0.29) is 0 Å². The molecule has 1 N–H and O–H groups in total. The summed E-state index contributed by atoms with van der Waals surface area (Å²) >= 11 is 0. The summed E-state index contributed by atoms with van der Waals surface area (Å²) < 4.78 is 2.18. The molecule has 0 aliphatic heterocycles. The Hall–Kier alpha value is -1.61. The number of hydrogen-bond acceptors (Lipinski definition) is 2. The SMILES string of the molecule is CCCc1c(CNC2CC2)cnn1Cc1ccc(C)cc1. The van der Waals surface area contributed by atoms with Crippen molar-refractivity contribution in [1.29, 1.82) is 0 Å². The van der Waals surface area contributed by atoms with Gasteiger partial charge in [0, 0.05) is 23.8 Å². The van der Waals surface area contributed by atoms with Crippen LogP contribution in [0.5, 0.6) is 0 Å². The number of nitrogens with one attached hydrogen (secondary N) is 1. The normalized spacial score (nSPS) is 14.6. The van der Waals surface area contributed by atoms with E-state index in [2.05, 4.69) is 59.4 Å². The highest BCUT2D eigenvalue weighted by Gasteiger charge is 2.21. The van der Waals surface area contributed by atoms with Crippen LogP contribution < -0.4 is 5.32 Å². The first kappa shape index (κ1) is 14.3. The number of rotatable bonds is 7. The lowest BCUT2D eigenvalue weighted by atomic mass is 10.1. The Morgan fingerprint density at radius 3 is 2.67 bits per heavy atom. The summed E-state index contributed by atoms with van der Waals surface area (Å²) in [6.07, 6.45) is 6.99. The molecule has 1 saturated carbocycles. The van der Waals surface area contributed by atoms with Crippen LogP contribution in [0.2, 0.25) is 0 Å². The van der Waals surface area contributed by atoms with Crippen LogP contribution in [0, 0.1) is 6.92 Å². The summed E-state index contributed by atoms with van der Waals surface area (Å²) in [5.41, 5.74) is 5.40. The second-order valence-corrected chi connectivity index (χ2v) is 6.16. The predicted octanol–water partition coefficient (Wildman–Crippen LogP) is 3.44. The van der Waals surface area contributed by atoms with E-state index in [9.17, 15) is 0 Å². The number of hydrogen-bond donors (Lipinski definition) is 1. The van der Waals surface area contributed by atoms with E-state index >= 15 is 0 Å². The van der Waals surface area contributed by atoms with Gasteiger partial charge in [-0.25, -0.2) is 0 Å². The summed E-state index contributed by atoms with van der Waals surface area (Å²) in [7, 11) is 0. The van der Waals surface area contributed by atoms with Crippen LogP contribution >= 0.6 is 0 Å². The molecule has 2 aromatic rings. The first-order valence-corrected chi connectivity index (χ1v) is 8.08. The topological polar surface area (TPSA) is 29.9 Å². The summed E-state index contributed by atoms with van der Waals surface area (Å²) in [5, 5.41) is 8.23. The van der Waals surface area contributed by atoms with Crippen LogP contribution in [0.25, 0.3) is 0 Å². The molecular formula is C18H25N3. The van der Waals surface area contributed by atoms with Gasteiger partial charge in [0.15, 0.2) is 0 Å². The van der Waals surface area contributed by atoms with Crippen molar-refractivity contribution in [2.45, 2.75) is 58.7 Å². The van der Waals surface area contributed by atoms with Crippen molar-refractivity contribution >= 4 is 0 Å². The highest BCUT2D eigenvalue weighted by Crippen LogP contribution is 2.20. The Morgan fingerprint density at radius 1 is 1.24 bits per heavy atom. The van der Waals surface area contributed by atoms with Gasteiger partial charge in [-0.3, -0.25) is 4.68 Å². The molecule has 0 unspecified atom stereocenters. The zero-order valence-corrected chi connectivity index (χ0v) is 13.1. The molecule has 1 aromatic carbocycles. The number of nitrogens with zero attached hydrogens (tertiary/aromatic N) is 2. The molecule has 1 aromatic heterocycles. The third-order valence-corrected chi connectivity index (χ3v) is 4.13. The van der Waals surface area contributed by atoms with E-state index in [0.29, 0.717) is 0 Å². The van der Waals surface area contributed by atoms with Crippen LogP contribution in [0.4, 0.5) is 0 Å². The van der Waals surface area contributed by atoms with Gasteiger partial charge in [-0.2, -0.15) is 5.10 Å². The van der Waals surface area contributed by atoms with Crippen molar-refractivity contribution < 1.29 is 0 Å². The van der Waals surface area contributed by atoms with Crippen molar-refractivity contribution in [3.05, 3.63) is 52.8 Å². The van der Waals surface area contributed by atoms with Crippen LogP contribution in [0.1, 0.15) is 48.6 Å². The fourth-order valence-corrected chi connectivity index (χ4v) is 2.67. The zero-order chi connectivity index (χ0) is 14.7. The number of aryl methyl sites for hydroxylation is 1. The molecule has 1 fully saturated rings. The molecule has 3 rings (SSSR count). The maximum Gasteiger partial charge on any atom is 0.0662 e. The van der Waals surface area contributed by atoms with Gasteiger partial charge in [0.2, 0.25) is 0 Å². The number of aromatic nitrogens is 2. The largest absolute Gasteiger partial charge is 0.310 e. The van der Waals surface area contributed by atoms with Crippen LogP contribution in [0.15, 0.2) is 30.5 Å². The molecule has 1 aliphatic rings. The van der Waals surface area contributed by atoms with Crippen LogP contribution in [-0.4, -0.2) is 15.8 Å². The second-order valence-electron chi connectivity index (χ2n) is 6.16. The first-order valence-electron chi connectivity index (χ1n) is 8.08.